The van der Waals surface area contributed by atoms with E-state index in [1.165, 1.54) is 0 Å². The van der Waals surface area contributed by atoms with Crippen molar-refractivity contribution in [3.8, 4) is 6.07 Å². The summed E-state index contributed by atoms with van der Waals surface area (Å²) in [6, 6.07) is 2.04. The number of rotatable bonds is 8. The minimum Gasteiger partial charge on any atom is -0.277 e. The standard InChI is InChI=1S/C11H17ClN2S2/c1-3-14-11(10(2)8-13)16-9-15-7-5-4-6-12/h2-7,9H2,1H3. The molecule has 2 nitrogen and oxygen atoms in total. The van der Waals surface area contributed by atoms with Gasteiger partial charge in [0.2, 0.25) is 0 Å². The molecule has 0 aromatic carbocycles. The molecular formula is C11H17ClN2S2. The second kappa shape index (κ2) is 11.4. The molecule has 16 heavy (non-hydrogen) atoms. The number of halogens is 1. The maximum atomic E-state index is 8.74. The zero-order valence-electron chi connectivity index (χ0n) is 9.54. The van der Waals surface area contributed by atoms with E-state index in [2.05, 4.69) is 11.6 Å². The van der Waals surface area contributed by atoms with Crippen molar-refractivity contribution in [1.82, 2.24) is 0 Å². The van der Waals surface area contributed by atoms with Crippen molar-refractivity contribution in [1.29, 1.82) is 5.26 Å². The maximum absolute atomic E-state index is 8.74. The van der Waals surface area contributed by atoms with Gasteiger partial charge in [-0.1, -0.05) is 18.3 Å². The molecule has 0 aliphatic heterocycles. The molecule has 0 atom stereocenters. The van der Waals surface area contributed by atoms with E-state index in [1.54, 1.807) is 11.8 Å². The SMILES string of the molecule is C=C(C#N)C(=NCC)SCSCCCCCl. The van der Waals surface area contributed by atoms with Crippen molar-refractivity contribution >= 4 is 40.2 Å². The molecule has 90 valence electrons. The Bertz CT molecular complexity index is 272. The van der Waals surface area contributed by atoms with Gasteiger partial charge in [-0.15, -0.1) is 11.6 Å². The van der Waals surface area contributed by atoms with Gasteiger partial charge in [0, 0.05) is 17.5 Å². The van der Waals surface area contributed by atoms with Crippen LogP contribution in [0.2, 0.25) is 0 Å². The number of aliphatic imine (C=N–C) groups is 1. The fraction of sp³-hybridized carbons (Fsp3) is 0.636. The van der Waals surface area contributed by atoms with Crippen LogP contribution in [-0.2, 0) is 0 Å². The normalized spacial score (nSPS) is 11.2. The van der Waals surface area contributed by atoms with Gasteiger partial charge in [-0.2, -0.15) is 17.0 Å². The summed E-state index contributed by atoms with van der Waals surface area (Å²) in [5, 5.41) is 10.4. The van der Waals surface area contributed by atoms with E-state index in [4.69, 9.17) is 16.9 Å². The third-order valence-corrected chi connectivity index (χ3v) is 4.28. The maximum Gasteiger partial charge on any atom is 0.108 e. The molecule has 0 aliphatic carbocycles. The second-order valence-electron chi connectivity index (χ2n) is 2.94. The Balaban J connectivity index is 3.75. The summed E-state index contributed by atoms with van der Waals surface area (Å²) in [6.07, 6.45) is 2.22. The van der Waals surface area contributed by atoms with Crippen LogP contribution < -0.4 is 0 Å². The lowest BCUT2D eigenvalue weighted by atomic mass is 10.4. The average molecular weight is 277 g/mol. The van der Waals surface area contributed by atoms with Gasteiger partial charge in [-0.25, -0.2) is 0 Å². The van der Waals surface area contributed by atoms with Gasteiger partial charge in [0.1, 0.15) is 11.1 Å². The quantitative estimate of drug-likeness (QED) is 0.168. The first-order valence-electron chi connectivity index (χ1n) is 5.16. The number of nitriles is 1. The molecule has 0 bridgehead atoms. The Hall–Kier alpha value is -0.110. The molecule has 0 aromatic heterocycles. The van der Waals surface area contributed by atoms with Gasteiger partial charge in [-0.05, 0) is 25.5 Å². The van der Waals surface area contributed by atoms with Crippen LogP contribution in [0.1, 0.15) is 19.8 Å². The molecule has 5 heteroatoms. The van der Waals surface area contributed by atoms with Crippen LogP contribution in [0.5, 0.6) is 0 Å². The van der Waals surface area contributed by atoms with Crippen molar-refractivity contribution in [2.45, 2.75) is 19.8 Å². The first-order chi connectivity index (χ1) is 7.76. The highest BCUT2D eigenvalue weighted by Crippen LogP contribution is 2.18. The summed E-state index contributed by atoms with van der Waals surface area (Å²) >= 11 is 9.03. The lowest BCUT2D eigenvalue weighted by molar-refractivity contribution is 0.904. The molecule has 0 rings (SSSR count). The number of alkyl halides is 1. The van der Waals surface area contributed by atoms with Crippen molar-refractivity contribution in [2.24, 2.45) is 4.99 Å². The van der Waals surface area contributed by atoms with E-state index in [0.717, 1.165) is 34.6 Å². The molecule has 0 amide bonds. The topological polar surface area (TPSA) is 36.1 Å². The Labute approximate surface area is 112 Å². The molecule has 0 unspecified atom stereocenters. The Morgan fingerprint density at radius 1 is 1.50 bits per heavy atom. The van der Waals surface area contributed by atoms with E-state index in [9.17, 15) is 0 Å². The molecule has 0 spiro atoms. The summed E-state index contributed by atoms with van der Waals surface area (Å²) in [4.78, 5) is 4.25. The molecular weight excluding hydrogens is 260 g/mol. The fourth-order valence-electron chi connectivity index (χ4n) is 0.875. The number of unbranched alkanes of at least 4 members (excludes halogenated alkanes) is 1. The van der Waals surface area contributed by atoms with Crippen LogP contribution in [0.15, 0.2) is 17.1 Å². The smallest absolute Gasteiger partial charge is 0.108 e. The predicted molar refractivity (Wildman–Crippen MR) is 77.6 cm³/mol. The lowest BCUT2D eigenvalue weighted by Crippen LogP contribution is -1.96. The van der Waals surface area contributed by atoms with Crippen molar-refractivity contribution in [3.63, 3.8) is 0 Å². The average Bonchev–Trinajstić information content (AvgIpc) is 2.31. The largest absolute Gasteiger partial charge is 0.277 e. The van der Waals surface area contributed by atoms with Gasteiger partial charge >= 0.3 is 0 Å². The minimum absolute atomic E-state index is 0.466. The molecule has 0 radical (unpaired) electrons. The first kappa shape index (κ1) is 15.9. The van der Waals surface area contributed by atoms with E-state index in [-0.39, 0.29) is 0 Å². The highest BCUT2D eigenvalue weighted by molar-refractivity contribution is 8.24. The lowest BCUT2D eigenvalue weighted by Gasteiger charge is -2.03. The number of hydrogen-bond acceptors (Lipinski definition) is 4. The zero-order valence-corrected chi connectivity index (χ0v) is 11.9. The van der Waals surface area contributed by atoms with E-state index in [0.29, 0.717) is 12.1 Å². The molecule has 0 aromatic rings. The van der Waals surface area contributed by atoms with Gasteiger partial charge in [0.05, 0.1) is 5.57 Å². The molecule has 0 saturated heterocycles. The Kier molecular flexibility index (Phi) is 11.3. The summed E-state index contributed by atoms with van der Waals surface area (Å²) in [5.74, 6) is 1.85. The Morgan fingerprint density at radius 3 is 2.81 bits per heavy atom. The van der Waals surface area contributed by atoms with Crippen LogP contribution in [0.25, 0.3) is 0 Å². The summed E-state index contributed by atoms with van der Waals surface area (Å²) in [7, 11) is 0. The van der Waals surface area contributed by atoms with Crippen LogP contribution in [0, 0.1) is 11.3 Å². The molecule has 0 fully saturated rings. The van der Waals surface area contributed by atoms with Gasteiger partial charge in [0.15, 0.2) is 0 Å². The molecule has 0 aliphatic rings. The molecule has 0 saturated carbocycles. The van der Waals surface area contributed by atoms with Gasteiger partial charge < -0.3 is 0 Å². The number of thioether (sulfide) groups is 2. The zero-order chi connectivity index (χ0) is 12.2. The summed E-state index contributed by atoms with van der Waals surface area (Å²) in [5.41, 5.74) is 0.466. The van der Waals surface area contributed by atoms with Crippen LogP contribution in [0.3, 0.4) is 0 Å². The summed E-state index contributed by atoms with van der Waals surface area (Å²) < 4.78 is 0. The van der Waals surface area contributed by atoms with Crippen LogP contribution >= 0.6 is 35.1 Å². The summed E-state index contributed by atoms with van der Waals surface area (Å²) in [6.45, 7) is 6.33. The highest BCUT2D eigenvalue weighted by Gasteiger charge is 2.04. The number of nitrogens with zero attached hydrogens (tertiary/aromatic N) is 2. The van der Waals surface area contributed by atoms with Crippen molar-refractivity contribution in [2.75, 3.05) is 23.3 Å². The first-order valence-corrected chi connectivity index (χ1v) is 7.84. The van der Waals surface area contributed by atoms with Gasteiger partial charge in [0.25, 0.3) is 0 Å². The van der Waals surface area contributed by atoms with Crippen molar-refractivity contribution in [3.05, 3.63) is 12.2 Å². The van der Waals surface area contributed by atoms with Crippen LogP contribution in [-0.4, -0.2) is 28.3 Å². The number of hydrogen-bond donors (Lipinski definition) is 0. The molecule has 0 heterocycles. The fourth-order valence-corrected chi connectivity index (χ4v) is 3.16. The van der Waals surface area contributed by atoms with Gasteiger partial charge in [-0.3, -0.25) is 4.99 Å². The van der Waals surface area contributed by atoms with Crippen molar-refractivity contribution < 1.29 is 0 Å². The minimum atomic E-state index is 0.466. The van der Waals surface area contributed by atoms with Crippen LogP contribution in [0.4, 0.5) is 0 Å². The monoisotopic (exact) mass is 276 g/mol. The second-order valence-corrected chi connectivity index (χ2v) is 5.75. The van der Waals surface area contributed by atoms with E-state index < -0.39 is 0 Å². The third kappa shape index (κ3) is 8.09. The van der Waals surface area contributed by atoms with E-state index >= 15 is 0 Å². The molecule has 0 N–H and O–H groups in total. The third-order valence-electron chi connectivity index (χ3n) is 1.65. The highest BCUT2D eigenvalue weighted by atomic mass is 35.5. The Morgan fingerprint density at radius 2 is 2.25 bits per heavy atom. The predicted octanol–water partition coefficient (Wildman–Crippen LogP) is 3.93. The van der Waals surface area contributed by atoms with E-state index in [1.807, 2.05) is 24.8 Å².